The Bertz CT molecular complexity index is 539. The van der Waals surface area contributed by atoms with Gasteiger partial charge in [-0.05, 0) is 0 Å². The molecule has 0 saturated carbocycles. The van der Waals surface area contributed by atoms with Crippen LogP contribution < -0.4 is 5.32 Å². The summed E-state index contributed by atoms with van der Waals surface area (Å²) < 4.78 is 10.8. The Labute approximate surface area is 107 Å². The number of aliphatic carboxylic acids is 2. The van der Waals surface area contributed by atoms with Crippen LogP contribution >= 0.6 is 0 Å². The minimum Gasteiger partial charge on any atom is -0.478 e. The number of ether oxygens (including phenoxy) is 2. The van der Waals surface area contributed by atoms with Crippen molar-refractivity contribution in [2.24, 2.45) is 0 Å². The van der Waals surface area contributed by atoms with Crippen molar-refractivity contribution < 1.29 is 34.1 Å². The largest absolute Gasteiger partial charge is 0.478 e. The predicted octanol–water partition coefficient (Wildman–Crippen LogP) is -1.49. The Morgan fingerprint density at radius 2 is 2.00 bits per heavy atom. The molecule has 2 saturated heterocycles. The first-order valence-electron chi connectivity index (χ1n) is 5.67. The fourth-order valence-corrected chi connectivity index (χ4v) is 2.90. The van der Waals surface area contributed by atoms with Gasteiger partial charge < -0.3 is 25.0 Å². The number of carboxylic acid groups (broad SMARTS) is 2. The smallest absolute Gasteiger partial charge is 0.335 e. The minimum atomic E-state index is -1.39. The topological polar surface area (TPSA) is 125 Å². The first kappa shape index (κ1) is 12.1. The first-order valence-corrected chi connectivity index (χ1v) is 5.67. The molecule has 2 bridgehead atoms. The maximum Gasteiger partial charge on any atom is 0.335 e. The summed E-state index contributed by atoms with van der Waals surface area (Å²) in [6.45, 7) is 1.17. The molecule has 0 aromatic heterocycles. The van der Waals surface area contributed by atoms with Gasteiger partial charge in [-0.2, -0.15) is 0 Å². The Morgan fingerprint density at radius 1 is 1.32 bits per heavy atom. The van der Waals surface area contributed by atoms with Gasteiger partial charge in [-0.3, -0.25) is 4.79 Å². The average Bonchev–Trinajstić information content (AvgIpc) is 2.97. The Hall–Kier alpha value is -1.93. The zero-order valence-electron chi connectivity index (χ0n) is 9.87. The average molecular weight is 269 g/mol. The maximum atomic E-state index is 11.4. The van der Waals surface area contributed by atoms with Gasteiger partial charge in [0, 0.05) is 6.92 Å². The van der Waals surface area contributed by atoms with Gasteiger partial charge in [0.2, 0.25) is 5.91 Å². The van der Waals surface area contributed by atoms with Crippen LogP contribution in [0.2, 0.25) is 0 Å². The van der Waals surface area contributed by atoms with E-state index in [0.717, 1.165) is 0 Å². The lowest BCUT2D eigenvalue weighted by molar-refractivity contribution is -0.137. The molecule has 3 heterocycles. The number of fused-ring (bicyclic) bond motifs is 5. The SMILES string of the molecule is CC(=O)NCC12OC(C(C(=O)O)=C1C(=O)O)C1OC12. The Kier molecular flexibility index (Phi) is 2.26. The zero-order chi connectivity index (χ0) is 13.9. The highest BCUT2D eigenvalue weighted by atomic mass is 16.7. The molecule has 19 heavy (non-hydrogen) atoms. The quantitative estimate of drug-likeness (QED) is 0.530. The maximum absolute atomic E-state index is 11.4. The van der Waals surface area contributed by atoms with E-state index in [1.165, 1.54) is 6.92 Å². The van der Waals surface area contributed by atoms with Gasteiger partial charge in [-0.1, -0.05) is 0 Å². The standard InChI is InChI=1S/C11H11NO7/c1-3(13)12-2-11-5(10(16)17)4(9(14)15)6(19-11)7-8(11)18-7/h6-8H,2H2,1H3,(H,12,13)(H,14,15)(H,16,17). The summed E-state index contributed by atoms with van der Waals surface area (Å²) in [5.41, 5.74) is -1.99. The molecule has 8 heteroatoms. The van der Waals surface area contributed by atoms with E-state index in [0.29, 0.717) is 0 Å². The number of carboxylic acids is 2. The number of hydrogen-bond donors (Lipinski definition) is 3. The summed E-state index contributed by atoms with van der Waals surface area (Å²) in [5, 5.41) is 20.9. The zero-order valence-corrected chi connectivity index (χ0v) is 9.87. The molecule has 0 aliphatic carbocycles. The highest BCUT2D eigenvalue weighted by Crippen LogP contribution is 2.57. The van der Waals surface area contributed by atoms with Crippen molar-refractivity contribution in [1.29, 1.82) is 0 Å². The third-order valence-electron chi connectivity index (χ3n) is 3.64. The molecule has 102 valence electrons. The number of rotatable bonds is 4. The van der Waals surface area contributed by atoms with Crippen molar-refractivity contribution in [1.82, 2.24) is 5.32 Å². The van der Waals surface area contributed by atoms with Crippen molar-refractivity contribution in [3.63, 3.8) is 0 Å². The first-order chi connectivity index (χ1) is 8.88. The van der Waals surface area contributed by atoms with Crippen LogP contribution in [-0.4, -0.2) is 58.5 Å². The Balaban J connectivity index is 2.04. The summed E-state index contributed by atoms with van der Waals surface area (Å²) in [4.78, 5) is 33.6. The van der Waals surface area contributed by atoms with E-state index in [-0.39, 0.29) is 23.6 Å². The van der Waals surface area contributed by atoms with Gasteiger partial charge in [0.15, 0.2) is 0 Å². The minimum absolute atomic E-state index is 0.113. The summed E-state index contributed by atoms with van der Waals surface area (Å²) in [6.07, 6.45) is -1.80. The second-order valence-corrected chi connectivity index (χ2v) is 4.76. The van der Waals surface area contributed by atoms with E-state index in [2.05, 4.69) is 5.32 Å². The summed E-state index contributed by atoms with van der Waals surface area (Å²) in [7, 11) is 0. The normalized spacial score (nSPS) is 38.1. The molecule has 3 aliphatic heterocycles. The van der Waals surface area contributed by atoms with Gasteiger partial charge in [-0.15, -0.1) is 0 Å². The number of amides is 1. The van der Waals surface area contributed by atoms with Crippen LogP contribution in [0.4, 0.5) is 0 Å². The molecule has 4 unspecified atom stereocenters. The number of carbonyl (C=O) groups excluding carboxylic acids is 1. The van der Waals surface area contributed by atoms with Crippen molar-refractivity contribution in [3.05, 3.63) is 11.1 Å². The second kappa shape index (κ2) is 3.55. The predicted molar refractivity (Wildman–Crippen MR) is 57.2 cm³/mol. The molecule has 3 rings (SSSR count). The second-order valence-electron chi connectivity index (χ2n) is 4.76. The van der Waals surface area contributed by atoms with E-state index in [1.54, 1.807) is 0 Å². The van der Waals surface area contributed by atoms with Gasteiger partial charge in [0.05, 0.1) is 17.7 Å². The molecule has 0 aromatic rings. The monoisotopic (exact) mass is 269 g/mol. The van der Waals surface area contributed by atoms with Gasteiger partial charge in [0.25, 0.3) is 0 Å². The van der Waals surface area contributed by atoms with E-state index in [9.17, 15) is 19.5 Å². The van der Waals surface area contributed by atoms with Crippen LogP contribution in [0.15, 0.2) is 11.1 Å². The molecule has 3 N–H and O–H groups in total. The van der Waals surface area contributed by atoms with Gasteiger partial charge in [-0.25, -0.2) is 9.59 Å². The molecule has 8 nitrogen and oxygen atoms in total. The van der Waals surface area contributed by atoms with Crippen LogP contribution in [0, 0.1) is 0 Å². The lowest BCUT2D eigenvalue weighted by Crippen LogP contribution is -2.49. The van der Waals surface area contributed by atoms with E-state index in [1.807, 2.05) is 0 Å². The molecule has 0 spiro atoms. The van der Waals surface area contributed by atoms with Gasteiger partial charge in [0.1, 0.15) is 23.9 Å². The highest BCUT2D eigenvalue weighted by Gasteiger charge is 2.75. The van der Waals surface area contributed by atoms with Crippen molar-refractivity contribution in [3.8, 4) is 0 Å². The van der Waals surface area contributed by atoms with Crippen molar-refractivity contribution in [2.45, 2.75) is 30.8 Å². The van der Waals surface area contributed by atoms with Crippen LogP contribution in [-0.2, 0) is 23.9 Å². The lowest BCUT2D eigenvalue weighted by Gasteiger charge is -2.26. The molecule has 2 fully saturated rings. The van der Waals surface area contributed by atoms with E-state index < -0.39 is 35.9 Å². The third kappa shape index (κ3) is 1.44. The lowest BCUT2D eigenvalue weighted by atomic mass is 9.81. The number of hydrogen-bond acceptors (Lipinski definition) is 5. The fraction of sp³-hybridized carbons (Fsp3) is 0.545. The summed E-state index contributed by atoms with van der Waals surface area (Å²) in [5.74, 6) is -3.05. The van der Waals surface area contributed by atoms with E-state index in [4.69, 9.17) is 14.6 Å². The van der Waals surface area contributed by atoms with Crippen LogP contribution in [0.3, 0.4) is 0 Å². The third-order valence-corrected chi connectivity index (χ3v) is 3.64. The number of epoxide rings is 1. The summed E-state index contributed by atoms with van der Waals surface area (Å²) >= 11 is 0. The molecule has 4 atom stereocenters. The van der Waals surface area contributed by atoms with Crippen LogP contribution in [0.25, 0.3) is 0 Å². The van der Waals surface area contributed by atoms with Crippen LogP contribution in [0.1, 0.15) is 6.92 Å². The Morgan fingerprint density at radius 3 is 2.53 bits per heavy atom. The molecular formula is C11H11NO7. The molecule has 0 aromatic carbocycles. The summed E-state index contributed by atoms with van der Waals surface area (Å²) in [6, 6.07) is 0. The molecular weight excluding hydrogens is 258 g/mol. The van der Waals surface area contributed by atoms with Gasteiger partial charge >= 0.3 is 11.9 Å². The fourth-order valence-electron chi connectivity index (χ4n) is 2.90. The molecule has 0 radical (unpaired) electrons. The molecule has 1 amide bonds. The number of nitrogens with one attached hydrogen (secondary N) is 1. The van der Waals surface area contributed by atoms with Crippen molar-refractivity contribution >= 4 is 17.8 Å². The van der Waals surface area contributed by atoms with E-state index >= 15 is 0 Å². The van der Waals surface area contributed by atoms with Crippen LogP contribution in [0.5, 0.6) is 0 Å². The highest BCUT2D eigenvalue weighted by molar-refractivity contribution is 6.03. The number of carbonyl (C=O) groups is 3. The van der Waals surface area contributed by atoms with Crippen molar-refractivity contribution in [2.75, 3.05) is 6.54 Å². The molecule has 3 aliphatic rings.